The van der Waals surface area contributed by atoms with Gasteiger partial charge in [-0.1, -0.05) is 12.1 Å². The molecule has 0 unspecified atom stereocenters. The Balaban J connectivity index is 2.30. The molecule has 0 radical (unpaired) electrons. The van der Waals surface area contributed by atoms with Crippen LogP contribution in [-0.2, 0) is 4.74 Å². The second-order valence-corrected chi connectivity index (χ2v) is 4.51. The molecule has 2 aromatic rings. The number of carbonyl (C=O) groups excluding carboxylic acids is 1. The lowest BCUT2D eigenvalue weighted by Crippen LogP contribution is -2.35. The smallest absolute Gasteiger partial charge is 0.293 e. The number of ether oxygens (including phenoxy) is 1. The number of H-pyrrole nitrogens is 1. The molecular weight excluding hydrogens is 262 g/mol. The van der Waals surface area contributed by atoms with Crippen LogP contribution in [0.3, 0.4) is 0 Å². The van der Waals surface area contributed by atoms with Crippen LogP contribution in [0.2, 0.25) is 0 Å². The number of rotatable bonds is 5. The van der Waals surface area contributed by atoms with E-state index in [4.69, 9.17) is 4.74 Å². The van der Waals surface area contributed by atoms with Crippen LogP contribution in [0.25, 0.3) is 10.9 Å². The van der Waals surface area contributed by atoms with Crippen molar-refractivity contribution in [3.05, 3.63) is 40.1 Å². The summed E-state index contributed by atoms with van der Waals surface area (Å²) >= 11 is 0. The molecule has 2 rings (SSSR count). The van der Waals surface area contributed by atoms with Gasteiger partial charge in [0.15, 0.2) is 0 Å². The highest BCUT2D eigenvalue weighted by Crippen LogP contribution is 2.25. The lowest BCUT2D eigenvalue weighted by molar-refractivity contribution is -0.383. The second-order valence-electron chi connectivity index (χ2n) is 4.51. The largest absolute Gasteiger partial charge is 0.383 e. The van der Waals surface area contributed by atoms with Crippen LogP contribution in [-0.4, -0.2) is 35.6 Å². The van der Waals surface area contributed by atoms with E-state index < -0.39 is 4.92 Å². The first-order valence-corrected chi connectivity index (χ1v) is 6.09. The fourth-order valence-corrected chi connectivity index (χ4v) is 2.01. The topological polar surface area (TPSA) is 97.3 Å². The summed E-state index contributed by atoms with van der Waals surface area (Å²) in [6.07, 6.45) is 0. The van der Waals surface area contributed by atoms with Gasteiger partial charge in [0.1, 0.15) is 11.2 Å². The standard InChI is InChI=1S/C13H15N3O4/c1-8(7-20-2)14-13(17)10-6-9-4-3-5-11(16(18)19)12(9)15-10/h3-6,8,15H,7H2,1-2H3,(H,14,17)/t8-/m0/s1. The van der Waals surface area contributed by atoms with Gasteiger partial charge >= 0.3 is 0 Å². The van der Waals surface area contributed by atoms with Gasteiger partial charge in [-0.25, -0.2) is 0 Å². The molecule has 20 heavy (non-hydrogen) atoms. The van der Waals surface area contributed by atoms with Crippen molar-refractivity contribution in [3.8, 4) is 0 Å². The summed E-state index contributed by atoms with van der Waals surface area (Å²) < 4.78 is 4.94. The number of amides is 1. The summed E-state index contributed by atoms with van der Waals surface area (Å²) in [5, 5.41) is 14.3. The minimum absolute atomic E-state index is 0.0495. The molecule has 7 nitrogen and oxygen atoms in total. The zero-order valence-corrected chi connectivity index (χ0v) is 11.2. The zero-order chi connectivity index (χ0) is 14.7. The SMILES string of the molecule is COC[C@H](C)NC(=O)c1cc2cccc([N+](=O)[O-])c2[nH]1. The van der Waals surface area contributed by atoms with Crippen molar-refractivity contribution in [2.75, 3.05) is 13.7 Å². The summed E-state index contributed by atoms with van der Waals surface area (Å²) in [5.74, 6) is -0.319. The lowest BCUT2D eigenvalue weighted by atomic mass is 10.2. The summed E-state index contributed by atoms with van der Waals surface area (Å²) in [5.41, 5.74) is 0.589. The van der Waals surface area contributed by atoms with E-state index in [2.05, 4.69) is 10.3 Å². The number of para-hydroxylation sites is 1. The van der Waals surface area contributed by atoms with Gasteiger partial charge in [-0.2, -0.15) is 0 Å². The van der Waals surface area contributed by atoms with E-state index >= 15 is 0 Å². The molecule has 0 saturated carbocycles. The number of carbonyl (C=O) groups is 1. The van der Waals surface area contributed by atoms with Crippen LogP contribution >= 0.6 is 0 Å². The molecule has 2 N–H and O–H groups in total. The number of nitro groups is 1. The number of benzene rings is 1. The Kier molecular flexibility index (Phi) is 3.99. The minimum atomic E-state index is -0.478. The van der Waals surface area contributed by atoms with Crippen LogP contribution in [0, 0.1) is 10.1 Å². The van der Waals surface area contributed by atoms with Crippen LogP contribution in [0.5, 0.6) is 0 Å². The summed E-state index contributed by atoms with van der Waals surface area (Å²) in [7, 11) is 1.55. The van der Waals surface area contributed by atoms with Gasteiger partial charge in [0, 0.05) is 24.6 Å². The number of aromatic nitrogens is 1. The van der Waals surface area contributed by atoms with Gasteiger partial charge in [-0.05, 0) is 13.0 Å². The van der Waals surface area contributed by atoms with Crippen LogP contribution in [0.4, 0.5) is 5.69 Å². The molecule has 0 bridgehead atoms. The van der Waals surface area contributed by atoms with Gasteiger partial charge in [0.25, 0.3) is 11.6 Å². The number of methoxy groups -OCH3 is 1. The van der Waals surface area contributed by atoms with E-state index in [0.717, 1.165) is 0 Å². The molecular formula is C13H15N3O4. The number of nitro benzene ring substituents is 1. The molecule has 0 aliphatic carbocycles. The summed E-state index contributed by atoms with van der Waals surface area (Å²) in [4.78, 5) is 25.3. The highest BCUT2D eigenvalue weighted by atomic mass is 16.6. The predicted molar refractivity (Wildman–Crippen MR) is 73.8 cm³/mol. The number of nitrogens with one attached hydrogen (secondary N) is 2. The third-order valence-electron chi connectivity index (χ3n) is 2.87. The Morgan fingerprint density at radius 2 is 2.30 bits per heavy atom. The van der Waals surface area contributed by atoms with E-state index in [1.807, 2.05) is 6.92 Å². The van der Waals surface area contributed by atoms with E-state index in [1.165, 1.54) is 6.07 Å². The molecule has 1 heterocycles. The van der Waals surface area contributed by atoms with Gasteiger partial charge in [-0.3, -0.25) is 14.9 Å². The molecule has 1 amide bonds. The van der Waals surface area contributed by atoms with Crippen LogP contribution in [0.1, 0.15) is 17.4 Å². The Bertz CT molecular complexity index is 650. The number of hydrogen-bond donors (Lipinski definition) is 2. The van der Waals surface area contributed by atoms with Gasteiger partial charge in [-0.15, -0.1) is 0 Å². The molecule has 7 heteroatoms. The predicted octanol–water partition coefficient (Wildman–Crippen LogP) is 1.84. The Morgan fingerprint density at radius 1 is 1.55 bits per heavy atom. The Labute approximate surface area is 115 Å². The Hall–Kier alpha value is -2.41. The fourth-order valence-electron chi connectivity index (χ4n) is 2.01. The van der Waals surface area contributed by atoms with Gasteiger partial charge < -0.3 is 15.0 Å². The summed E-state index contributed by atoms with van der Waals surface area (Å²) in [6, 6.07) is 6.15. The molecule has 0 aliphatic heterocycles. The van der Waals surface area contributed by atoms with Crippen molar-refractivity contribution in [2.45, 2.75) is 13.0 Å². The molecule has 1 atom stereocenters. The van der Waals surface area contributed by atoms with Gasteiger partial charge in [0.2, 0.25) is 0 Å². The number of nitrogens with zero attached hydrogens (tertiary/aromatic N) is 1. The molecule has 1 aromatic carbocycles. The van der Waals surface area contributed by atoms with E-state index in [0.29, 0.717) is 17.5 Å². The van der Waals surface area contributed by atoms with Crippen LogP contribution in [0.15, 0.2) is 24.3 Å². The monoisotopic (exact) mass is 277 g/mol. The second kappa shape index (κ2) is 5.70. The van der Waals surface area contributed by atoms with Crippen molar-refractivity contribution in [2.24, 2.45) is 0 Å². The number of non-ortho nitro benzene ring substituents is 1. The number of hydrogen-bond acceptors (Lipinski definition) is 4. The van der Waals surface area contributed by atoms with Crippen molar-refractivity contribution >= 4 is 22.5 Å². The maximum atomic E-state index is 12.0. The third-order valence-corrected chi connectivity index (χ3v) is 2.87. The molecule has 0 saturated heterocycles. The van der Waals surface area contributed by atoms with Crippen LogP contribution < -0.4 is 5.32 Å². The van der Waals surface area contributed by atoms with Crippen molar-refractivity contribution < 1.29 is 14.5 Å². The fraction of sp³-hybridized carbons (Fsp3) is 0.308. The van der Waals surface area contributed by atoms with E-state index in [1.54, 1.807) is 25.3 Å². The average Bonchev–Trinajstić information content (AvgIpc) is 2.82. The zero-order valence-electron chi connectivity index (χ0n) is 11.2. The maximum Gasteiger partial charge on any atom is 0.293 e. The first-order valence-electron chi connectivity index (χ1n) is 6.09. The van der Waals surface area contributed by atoms with Crippen molar-refractivity contribution in [1.29, 1.82) is 0 Å². The maximum absolute atomic E-state index is 12.0. The first kappa shape index (κ1) is 14.0. The van der Waals surface area contributed by atoms with Crippen molar-refractivity contribution in [3.63, 3.8) is 0 Å². The molecule has 0 spiro atoms. The average molecular weight is 277 g/mol. The molecule has 1 aromatic heterocycles. The lowest BCUT2D eigenvalue weighted by Gasteiger charge is -2.11. The van der Waals surface area contributed by atoms with E-state index in [-0.39, 0.29) is 23.3 Å². The normalized spacial score (nSPS) is 12.3. The number of aromatic amines is 1. The van der Waals surface area contributed by atoms with Gasteiger partial charge in [0.05, 0.1) is 11.5 Å². The first-order chi connectivity index (χ1) is 9.52. The Morgan fingerprint density at radius 3 is 2.95 bits per heavy atom. The highest BCUT2D eigenvalue weighted by Gasteiger charge is 2.17. The summed E-state index contributed by atoms with van der Waals surface area (Å²) in [6.45, 7) is 2.21. The molecule has 0 fully saturated rings. The third kappa shape index (κ3) is 2.77. The molecule has 0 aliphatic rings. The molecule has 106 valence electrons. The highest BCUT2D eigenvalue weighted by molar-refractivity contribution is 6.00. The quantitative estimate of drug-likeness (QED) is 0.643. The van der Waals surface area contributed by atoms with E-state index in [9.17, 15) is 14.9 Å². The number of fused-ring (bicyclic) bond motifs is 1. The van der Waals surface area contributed by atoms with Crippen molar-refractivity contribution in [1.82, 2.24) is 10.3 Å². The minimum Gasteiger partial charge on any atom is -0.383 e.